The number of halogens is 4. The van der Waals surface area contributed by atoms with Crippen LogP contribution in [-0.4, -0.2) is 34.0 Å². The molecule has 2 atom stereocenters. The van der Waals surface area contributed by atoms with Gasteiger partial charge >= 0.3 is 6.61 Å². The van der Waals surface area contributed by atoms with Gasteiger partial charge in [-0.25, -0.2) is 8.91 Å². The molecule has 0 unspecified atom stereocenters. The van der Waals surface area contributed by atoms with Crippen LogP contribution in [0, 0.1) is 5.82 Å². The van der Waals surface area contributed by atoms with Crippen molar-refractivity contribution >= 4 is 23.0 Å². The molecule has 0 fully saturated rings. The van der Waals surface area contributed by atoms with Crippen molar-refractivity contribution in [2.24, 2.45) is 0 Å². The summed E-state index contributed by atoms with van der Waals surface area (Å²) >= 11 is 5.95. The first-order valence-corrected chi connectivity index (χ1v) is 8.74. The molecule has 144 valence electrons. The predicted molar refractivity (Wildman–Crippen MR) is 94.5 cm³/mol. The average Bonchev–Trinajstić information content (AvgIpc) is 3.14. The smallest absolute Gasteiger partial charge is 0.387 e. The second-order valence-electron chi connectivity index (χ2n) is 6.67. The van der Waals surface area contributed by atoms with Crippen molar-refractivity contribution in [1.82, 2.24) is 14.5 Å². The zero-order chi connectivity index (χ0) is 22.2. The first-order valence-electron chi connectivity index (χ1n) is 9.86. The molecule has 1 aliphatic carbocycles. The molecule has 0 N–H and O–H groups in total. The van der Waals surface area contributed by atoms with Crippen LogP contribution in [0.4, 0.5) is 13.2 Å². The van der Waals surface area contributed by atoms with Gasteiger partial charge in [-0.15, -0.1) is 0 Å². The van der Waals surface area contributed by atoms with Crippen LogP contribution in [0.5, 0.6) is 5.75 Å². The Morgan fingerprint density at radius 2 is 2.21 bits per heavy atom. The van der Waals surface area contributed by atoms with E-state index in [-0.39, 0.29) is 34.0 Å². The number of ether oxygens (including phenoxy) is 1. The predicted octanol–water partition coefficient (Wildman–Crippen LogP) is 4.39. The SMILES string of the molecule is [2H]C([2H])([2H])N1C(=O)c2cccc(OC(F)F)c2[C@H]2C[C@@H]1c1nn3cc(F)c(Cl)cc3c12. The number of pyridine rings is 1. The summed E-state index contributed by atoms with van der Waals surface area (Å²) in [7, 11) is 0. The van der Waals surface area contributed by atoms with E-state index in [1.165, 1.54) is 28.8 Å². The fourth-order valence-corrected chi connectivity index (χ4v) is 4.34. The van der Waals surface area contributed by atoms with E-state index in [1.807, 2.05) is 0 Å². The van der Waals surface area contributed by atoms with Crippen molar-refractivity contribution in [1.29, 1.82) is 0 Å². The van der Waals surface area contributed by atoms with Crippen molar-refractivity contribution in [3.05, 3.63) is 63.7 Å². The lowest BCUT2D eigenvalue weighted by Gasteiger charge is -2.23. The van der Waals surface area contributed by atoms with Crippen LogP contribution in [0.15, 0.2) is 30.5 Å². The number of amides is 1. The van der Waals surface area contributed by atoms with Gasteiger partial charge in [0.25, 0.3) is 5.91 Å². The van der Waals surface area contributed by atoms with Gasteiger partial charge in [0.15, 0.2) is 5.82 Å². The summed E-state index contributed by atoms with van der Waals surface area (Å²) in [4.78, 5) is 14.0. The maximum atomic E-state index is 14.0. The van der Waals surface area contributed by atoms with Gasteiger partial charge in [-0.3, -0.25) is 4.79 Å². The zero-order valence-corrected chi connectivity index (χ0v) is 14.8. The maximum absolute atomic E-state index is 14.0. The molecule has 0 radical (unpaired) electrons. The number of benzene rings is 1. The van der Waals surface area contributed by atoms with E-state index in [0.29, 0.717) is 11.1 Å². The molecule has 0 saturated carbocycles. The summed E-state index contributed by atoms with van der Waals surface area (Å²) in [5.41, 5.74) is 1.26. The molecule has 2 aliphatic rings. The molecule has 28 heavy (non-hydrogen) atoms. The minimum Gasteiger partial charge on any atom is -0.434 e. The number of hydrogen-bond donors (Lipinski definition) is 0. The Hall–Kier alpha value is -2.74. The molecule has 2 aromatic heterocycles. The Balaban J connectivity index is 1.85. The summed E-state index contributed by atoms with van der Waals surface area (Å²) in [5.74, 6) is -2.48. The first kappa shape index (κ1) is 14.3. The van der Waals surface area contributed by atoms with E-state index in [2.05, 4.69) is 9.84 Å². The lowest BCUT2D eigenvalue weighted by atomic mass is 9.89. The molecular weight excluding hydrogens is 395 g/mol. The molecule has 5 rings (SSSR count). The van der Waals surface area contributed by atoms with Gasteiger partial charge in [-0.05, 0) is 24.6 Å². The van der Waals surface area contributed by atoms with Gasteiger partial charge in [-0.1, -0.05) is 17.7 Å². The van der Waals surface area contributed by atoms with Gasteiger partial charge in [0.2, 0.25) is 0 Å². The Morgan fingerprint density at radius 1 is 1.39 bits per heavy atom. The van der Waals surface area contributed by atoms with Crippen molar-refractivity contribution < 1.29 is 26.8 Å². The largest absolute Gasteiger partial charge is 0.434 e. The van der Waals surface area contributed by atoms with E-state index in [0.717, 1.165) is 11.1 Å². The quantitative estimate of drug-likeness (QED) is 0.629. The van der Waals surface area contributed by atoms with E-state index >= 15 is 0 Å². The second-order valence-corrected chi connectivity index (χ2v) is 7.08. The van der Waals surface area contributed by atoms with Crippen LogP contribution in [0.3, 0.4) is 0 Å². The molecular formula is C19H13ClF3N3O2. The summed E-state index contributed by atoms with van der Waals surface area (Å²) < 4.78 is 69.9. The Morgan fingerprint density at radius 3 is 2.96 bits per heavy atom. The number of hydrogen-bond acceptors (Lipinski definition) is 3. The van der Waals surface area contributed by atoms with Gasteiger partial charge in [0, 0.05) is 33.7 Å². The third-order valence-corrected chi connectivity index (χ3v) is 5.55. The van der Waals surface area contributed by atoms with E-state index in [1.54, 1.807) is 0 Å². The molecule has 2 bridgehead atoms. The average molecular weight is 411 g/mol. The van der Waals surface area contributed by atoms with Crippen molar-refractivity contribution in [2.45, 2.75) is 25.0 Å². The van der Waals surface area contributed by atoms with Crippen LogP contribution in [0.1, 0.15) is 49.7 Å². The first-order chi connectivity index (χ1) is 14.6. The maximum Gasteiger partial charge on any atom is 0.387 e. The molecule has 5 nitrogen and oxygen atoms in total. The molecule has 1 aliphatic heterocycles. The molecule has 0 saturated heterocycles. The molecule has 0 spiro atoms. The number of alkyl halides is 2. The lowest BCUT2D eigenvalue weighted by Crippen LogP contribution is -2.30. The Kier molecular flexibility index (Phi) is 3.00. The molecule has 3 heterocycles. The summed E-state index contributed by atoms with van der Waals surface area (Å²) in [6.07, 6.45) is 1.15. The van der Waals surface area contributed by atoms with Gasteiger partial charge in [-0.2, -0.15) is 13.9 Å². The monoisotopic (exact) mass is 410 g/mol. The van der Waals surface area contributed by atoms with E-state index in [4.69, 9.17) is 15.7 Å². The van der Waals surface area contributed by atoms with Crippen molar-refractivity contribution in [3.8, 4) is 5.75 Å². The highest BCUT2D eigenvalue weighted by molar-refractivity contribution is 6.31. The van der Waals surface area contributed by atoms with E-state index in [9.17, 15) is 18.0 Å². The zero-order valence-electron chi connectivity index (χ0n) is 17.0. The summed E-state index contributed by atoms with van der Waals surface area (Å²) in [6, 6.07) is 4.42. The summed E-state index contributed by atoms with van der Waals surface area (Å²) in [6.45, 7) is -5.97. The van der Waals surface area contributed by atoms with Gasteiger partial charge in [0.1, 0.15) is 5.75 Å². The lowest BCUT2D eigenvalue weighted by molar-refractivity contribution is -0.0505. The van der Waals surface area contributed by atoms with Crippen LogP contribution >= 0.6 is 11.6 Å². The van der Waals surface area contributed by atoms with E-state index < -0.39 is 37.3 Å². The third kappa shape index (κ3) is 2.27. The molecule has 3 aromatic rings. The van der Waals surface area contributed by atoms with Crippen LogP contribution < -0.4 is 4.74 Å². The molecule has 1 aromatic carbocycles. The van der Waals surface area contributed by atoms with Crippen LogP contribution in [-0.2, 0) is 0 Å². The van der Waals surface area contributed by atoms with Gasteiger partial charge in [0.05, 0.1) is 28.5 Å². The molecule has 1 amide bonds. The second kappa shape index (κ2) is 5.88. The number of carbonyl (C=O) groups excluding carboxylic acids is 1. The highest BCUT2D eigenvalue weighted by Gasteiger charge is 2.46. The fraction of sp³-hybridized carbons (Fsp3) is 0.263. The highest BCUT2D eigenvalue weighted by atomic mass is 35.5. The normalized spacial score (nSPS) is 22.5. The topological polar surface area (TPSA) is 46.8 Å². The Bertz CT molecular complexity index is 1250. The highest BCUT2D eigenvalue weighted by Crippen LogP contribution is 2.53. The Labute approximate surface area is 166 Å². The summed E-state index contributed by atoms with van der Waals surface area (Å²) in [5, 5.41) is 4.16. The van der Waals surface area contributed by atoms with Crippen molar-refractivity contribution in [3.63, 3.8) is 0 Å². The number of rotatable bonds is 2. The van der Waals surface area contributed by atoms with Crippen LogP contribution in [0.25, 0.3) is 5.52 Å². The van der Waals surface area contributed by atoms with Crippen molar-refractivity contribution in [2.75, 3.05) is 6.98 Å². The van der Waals surface area contributed by atoms with Gasteiger partial charge < -0.3 is 9.64 Å². The number of fused-ring (bicyclic) bond motifs is 9. The standard InChI is InChI=1S/C19H13ClF3N3O2/c1-25-13-5-9(15-8(18(25)27)3-2-4-14(15)28-19(22)23)16-12-6-10(20)11(21)7-26(12)24-17(13)16/h2-4,6-7,9,13,19H,5H2,1H3/t9-,13-/m1/s1/i1D3. The minimum atomic E-state index is -3.15. The fourth-order valence-electron chi connectivity index (χ4n) is 4.18. The minimum absolute atomic E-state index is 0.0417. The van der Waals surface area contributed by atoms with Crippen LogP contribution in [0.2, 0.25) is 5.02 Å². The number of carbonyl (C=O) groups is 1. The number of aromatic nitrogens is 2. The molecule has 9 heteroatoms. The third-order valence-electron chi connectivity index (χ3n) is 5.26. The number of nitrogens with zero attached hydrogens (tertiary/aromatic N) is 3.